The molecule has 0 saturated heterocycles. The van der Waals surface area contributed by atoms with Crippen molar-refractivity contribution in [2.75, 3.05) is 19.5 Å². The third-order valence-corrected chi connectivity index (χ3v) is 6.10. The first-order valence-corrected chi connectivity index (χ1v) is 11.0. The van der Waals surface area contributed by atoms with E-state index in [0.29, 0.717) is 39.5 Å². The monoisotopic (exact) mass is 539 g/mol. The van der Waals surface area contributed by atoms with Gasteiger partial charge in [-0.25, -0.2) is 4.79 Å². The number of carboxylic acid groups (broad SMARTS) is 1. The first-order chi connectivity index (χ1) is 15.3. The lowest BCUT2D eigenvalue weighted by Gasteiger charge is -2.16. The summed E-state index contributed by atoms with van der Waals surface area (Å²) in [6.07, 6.45) is 0. The van der Waals surface area contributed by atoms with E-state index in [-0.39, 0.29) is 12.2 Å². The molecule has 0 aliphatic rings. The highest BCUT2D eigenvalue weighted by molar-refractivity contribution is 9.10. The van der Waals surface area contributed by atoms with E-state index in [4.69, 9.17) is 37.4 Å². The number of hydrogen-bond donors (Lipinski definition) is 2. The molecule has 0 spiro atoms. The smallest absolute Gasteiger partial charge is 0.335 e. The summed E-state index contributed by atoms with van der Waals surface area (Å²) in [7, 11) is 3.09. The van der Waals surface area contributed by atoms with Crippen molar-refractivity contribution in [2.24, 2.45) is 0 Å². The molecule has 9 heteroatoms. The largest absolute Gasteiger partial charge is 0.495 e. The van der Waals surface area contributed by atoms with Gasteiger partial charge in [0, 0.05) is 11.0 Å². The maximum absolute atomic E-state index is 11.3. The first-order valence-electron chi connectivity index (χ1n) is 9.40. The van der Waals surface area contributed by atoms with E-state index >= 15 is 0 Å². The Morgan fingerprint density at radius 1 is 0.969 bits per heavy atom. The highest BCUT2D eigenvalue weighted by atomic mass is 79.9. The maximum Gasteiger partial charge on any atom is 0.335 e. The highest BCUT2D eigenvalue weighted by Crippen LogP contribution is 2.35. The summed E-state index contributed by atoms with van der Waals surface area (Å²) in [6, 6.07) is 13.6. The molecule has 6 nitrogen and oxygen atoms in total. The molecule has 0 radical (unpaired) electrons. The summed E-state index contributed by atoms with van der Waals surface area (Å²) in [5.74, 6) is 0.637. The van der Waals surface area contributed by atoms with Crippen molar-refractivity contribution < 1.29 is 24.1 Å². The summed E-state index contributed by atoms with van der Waals surface area (Å²) >= 11 is 15.6. The number of anilines is 1. The molecule has 0 heterocycles. The fraction of sp³-hybridized carbons (Fsp3) is 0.174. The molecule has 0 unspecified atom stereocenters. The number of carboxylic acids is 1. The summed E-state index contributed by atoms with van der Waals surface area (Å²) in [6.45, 7) is 0.680. The van der Waals surface area contributed by atoms with Crippen molar-refractivity contribution >= 4 is 50.8 Å². The molecule has 0 aliphatic carbocycles. The standard InChI is InChI=1S/C23H20BrCl2NO5/c1-30-20-6-4-14(23(28)29)8-19(20)27-11-15-9-21(31-2)22(10-16(15)24)32-12-13-3-5-17(25)18(26)7-13/h3-10,27H,11-12H2,1-2H3,(H,28,29). The Morgan fingerprint density at radius 2 is 1.72 bits per heavy atom. The van der Waals surface area contributed by atoms with Crippen LogP contribution in [0.25, 0.3) is 0 Å². The van der Waals surface area contributed by atoms with E-state index in [0.717, 1.165) is 15.6 Å². The zero-order valence-electron chi connectivity index (χ0n) is 17.2. The Morgan fingerprint density at radius 3 is 2.38 bits per heavy atom. The van der Waals surface area contributed by atoms with Crippen molar-refractivity contribution in [1.82, 2.24) is 0 Å². The van der Waals surface area contributed by atoms with E-state index < -0.39 is 5.97 Å². The minimum Gasteiger partial charge on any atom is -0.495 e. The lowest BCUT2D eigenvalue weighted by Crippen LogP contribution is -2.05. The molecule has 0 amide bonds. The van der Waals surface area contributed by atoms with Crippen LogP contribution >= 0.6 is 39.1 Å². The van der Waals surface area contributed by atoms with Gasteiger partial charge in [0.05, 0.1) is 35.5 Å². The average molecular weight is 541 g/mol. The van der Waals surface area contributed by atoms with Crippen LogP contribution < -0.4 is 19.5 Å². The molecule has 2 N–H and O–H groups in total. The van der Waals surface area contributed by atoms with E-state index in [2.05, 4.69) is 21.2 Å². The van der Waals surface area contributed by atoms with Gasteiger partial charge in [-0.15, -0.1) is 0 Å². The first kappa shape index (κ1) is 24.0. The normalized spacial score (nSPS) is 10.5. The highest BCUT2D eigenvalue weighted by Gasteiger charge is 2.13. The van der Waals surface area contributed by atoms with Gasteiger partial charge in [-0.2, -0.15) is 0 Å². The second-order valence-electron chi connectivity index (χ2n) is 6.71. The van der Waals surface area contributed by atoms with Crippen LogP contribution in [-0.4, -0.2) is 25.3 Å². The third kappa shape index (κ3) is 5.79. The molecule has 3 aromatic carbocycles. The number of hydrogen-bond acceptors (Lipinski definition) is 5. The van der Waals surface area contributed by atoms with E-state index in [9.17, 15) is 9.90 Å². The molecule has 0 saturated carbocycles. The minimum absolute atomic E-state index is 0.163. The fourth-order valence-corrected chi connectivity index (χ4v) is 3.73. The van der Waals surface area contributed by atoms with Crippen LogP contribution in [0.15, 0.2) is 53.0 Å². The fourth-order valence-electron chi connectivity index (χ4n) is 2.95. The van der Waals surface area contributed by atoms with Crippen LogP contribution in [0, 0.1) is 0 Å². The van der Waals surface area contributed by atoms with Gasteiger partial charge in [0.25, 0.3) is 0 Å². The van der Waals surface area contributed by atoms with Crippen LogP contribution in [0.4, 0.5) is 5.69 Å². The van der Waals surface area contributed by atoms with E-state index in [1.54, 1.807) is 25.3 Å². The maximum atomic E-state index is 11.3. The zero-order chi connectivity index (χ0) is 23.3. The van der Waals surface area contributed by atoms with Crippen LogP contribution in [0.5, 0.6) is 17.2 Å². The van der Waals surface area contributed by atoms with Crippen LogP contribution in [0.3, 0.4) is 0 Å². The molecular formula is C23H20BrCl2NO5. The van der Waals surface area contributed by atoms with E-state index in [1.807, 2.05) is 18.2 Å². The Balaban J connectivity index is 1.77. The molecular weight excluding hydrogens is 521 g/mol. The van der Waals surface area contributed by atoms with Gasteiger partial charge >= 0.3 is 5.97 Å². The number of carbonyl (C=O) groups is 1. The quantitative estimate of drug-likeness (QED) is 0.316. The Bertz CT molecular complexity index is 1140. The van der Waals surface area contributed by atoms with Crippen LogP contribution in [-0.2, 0) is 13.2 Å². The number of nitrogens with one attached hydrogen (secondary N) is 1. The number of aromatic carboxylic acids is 1. The van der Waals surface area contributed by atoms with Gasteiger partial charge in [0.2, 0.25) is 0 Å². The molecule has 0 aromatic heterocycles. The average Bonchev–Trinajstić information content (AvgIpc) is 2.78. The van der Waals surface area contributed by atoms with Gasteiger partial charge in [0.1, 0.15) is 12.4 Å². The minimum atomic E-state index is -1.01. The second-order valence-corrected chi connectivity index (χ2v) is 8.37. The molecule has 0 atom stereocenters. The van der Waals surface area contributed by atoms with Gasteiger partial charge in [-0.05, 0) is 53.6 Å². The number of benzene rings is 3. The number of ether oxygens (including phenoxy) is 3. The van der Waals surface area contributed by atoms with E-state index in [1.165, 1.54) is 19.2 Å². The van der Waals surface area contributed by atoms with Crippen molar-refractivity contribution in [1.29, 1.82) is 0 Å². The Kier molecular flexibility index (Phi) is 8.12. The molecule has 0 fully saturated rings. The second kappa shape index (κ2) is 10.8. The Hall–Kier alpha value is -2.61. The third-order valence-electron chi connectivity index (χ3n) is 4.63. The number of methoxy groups -OCH3 is 2. The van der Waals surface area contributed by atoms with Crippen LogP contribution in [0.1, 0.15) is 21.5 Å². The molecule has 32 heavy (non-hydrogen) atoms. The lowest BCUT2D eigenvalue weighted by molar-refractivity contribution is 0.0697. The SMILES string of the molecule is COc1ccc(C(=O)O)cc1NCc1cc(OC)c(OCc2ccc(Cl)c(Cl)c2)cc1Br. The van der Waals surface area contributed by atoms with Crippen LogP contribution in [0.2, 0.25) is 10.0 Å². The van der Waals surface area contributed by atoms with Crippen molar-refractivity contribution in [3.63, 3.8) is 0 Å². The molecule has 3 aromatic rings. The predicted octanol–water partition coefficient (Wildman–Crippen LogP) is 6.66. The summed E-state index contributed by atoms with van der Waals surface area (Å²) in [5.41, 5.74) is 2.48. The summed E-state index contributed by atoms with van der Waals surface area (Å²) in [4.78, 5) is 11.3. The number of halogens is 3. The number of rotatable bonds is 9. The van der Waals surface area contributed by atoms with Crippen molar-refractivity contribution in [2.45, 2.75) is 13.2 Å². The van der Waals surface area contributed by atoms with Gasteiger partial charge in [-0.3, -0.25) is 0 Å². The van der Waals surface area contributed by atoms with Gasteiger partial charge in [0.15, 0.2) is 11.5 Å². The summed E-state index contributed by atoms with van der Waals surface area (Å²) < 4.78 is 17.5. The summed E-state index contributed by atoms with van der Waals surface area (Å²) in [5, 5.41) is 13.4. The Labute approximate surface area is 204 Å². The lowest BCUT2D eigenvalue weighted by atomic mass is 10.1. The molecule has 0 aliphatic heterocycles. The van der Waals surface area contributed by atoms with Crippen molar-refractivity contribution in [3.05, 3.63) is 79.7 Å². The van der Waals surface area contributed by atoms with Gasteiger partial charge in [-0.1, -0.05) is 45.2 Å². The van der Waals surface area contributed by atoms with Gasteiger partial charge < -0.3 is 24.6 Å². The molecule has 0 bridgehead atoms. The topological polar surface area (TPSA) is 77.0 Å². The predicted molar refractivity (Wildman–Crippen MR) is 129 cm³/mol. The van der Waals surface area contributed by atoms with Crippen molar-refractivity contribution in [3.8, 4) is 17.2 Å². The zero-order valence-corrected chi connectivity index (χ0v) is 20.3. The molecule has 168 valence electrons. The molecule has 3 rings (SSSR count).